The Morgan fingerprint density at radius 2 is 2.26 bits per heavy atom. The molecule has 1 aromatic carbocycles. The summed E-state index contributed by atoms with van der Waals surface area (Å²) in [6, 6.07) is 5.93. The van der Waals surface area contributed by atoms with Crippen molar-refractivity contribution in [3.8, 4) is 0 Å². The largest absolute Gasteiger partial charge is 0.397 e. The van der Waals surface area contributed by atoms with Crippen LogP contribution in [0.1, 0.15) is 40.7 Å². The van der Waals surface area contributed by atoms with Crippen LogP contribution in [0, 0.1) is 11.7 Å². The van der Waals surface area contributed by atoms with Crippen LogP contribution >= 0.6 is 22.9 Å². The molecule has 27 heavy (non-hydrogen) atoms. The quantitative estimate of drug-likeness (QED) is 0.612. The molecule has 2 aromatic heterocycles. The molecule has 1 atom stereocenters. The zero-order valence-corrected chi connectivity index (χ0v) is 16.4. The van der Waals surface area contributed by atoms with E-state index in [1.807, 2.05) is 0 Å². The van der Waals surface area contributed by atoms with Gasteiger partial charge in [-0.05, 0) is 55.0 Å². The van der Waals surface area contributed by atoms with E-state index in [1.165, 1.54) is 29.0 Å². The summed E-state index contributed by atoms with van der Waals surface area (Å²) >= 11 is 7.27. The van der Waals surface area contributed by atoms with Gasteiger partial charge in [-0.3, -0.25) is 4.79 Å². The number of carbonyl (C=O) groups is 1. The van der Waals surface area contributed by atoms with Crippen molar-refractivity contribution >= 4 is 50.4 Å². The average molecular weight is 404 g/mol. The van der Waals surface area contributed by atoms with Crippen LogP contribution in [-0.4, -0.2) is 10.9 Å². The SMILES string of the molecule is CC[C@H]1CCc2nc3sc(C(=O)Nc4ccc(F)cc4Cl)c(N)c3cc2C1. The van der Waals surface area contributed by atoms with Gasteiger partial charge in [0.25, 0.3) is 5.91 Å². The molecule has 4 rings (SSSR count). The van der Waals surface area contributed by atoms with Gasteiger partial charge in [0.1, 0.15) is 15.5 Å². The third-order valence-corrected chi connectivity index (χ3v) is 6.58. The predicted octanol–water partition coefficient (Wildman–Crippen LogP) is 5.44. The Balaban J connectivity index is 1.68. The first-order chi connectivity index (χ1) is 13.0. The van der Waals surface area contributed by atoms with Gasteiger partial charge >= 0.3 is 0 Å². The molecular weight excluding hydrogens is 385 g/mol. The van der Waals surface area contributed by atoms with Gasteiger partial charge in [-0.1, -0.05) is 24.9 Å². The van der Waals surface area contributed by atoms with Crippen molar-refractivity contribution in [2.75, 3.05) is 11.1 Å². The number of rotatable bonds is 3. The van der Waals surface area contributed by atoms with E-state index < -0.39 is 5.82 Å². The van der Waals surface area contributed by atoms with Gasteiger partial charge in [-0.2, -0.15) is 0 Å². The van der Waals surface area contributed by atoms with Gasteiger partial charge in [0.2, 0.25) is 0 Å². The fourth-order valence-electron chi connectivity index (χ4n) is 3.55. The summed E-state index contributed by atoms with van der Waals surface area (Å²) in [5.74, 6) is -0.145. The molecule has 1 aliphatic rings. The van der Waals surface area contributed by atoms with E-state index in [-0.39, 0.29) is 10.9 Å². The van der Waals surface area contributed by atoms with Crippen molar-refractivity contribution in [3.63, 3.8) is 0 Å². The van der Waals surface area contributed by atoms with E-state index in [0.717, 1.165) is 47.7 Å². The Kier molecular flexibility index (Phi) is 4.78. The lowest BCUT2D eigenvalue weighted by Gasteiger charge is -2.22. The van der Waals surface area contributed by atoms with E-state index in [1.54, 1.807) is 0 Å². The fourth-order valence-corrected chi connectivity index (χ4v) is 4.76. The molecule has 3 aromatic rings. The van der Waals surface area contributed by atoms with E-state index in [9.17, 15) is 9.18 Å². The standard InChI is InChI=1S/C20H19ClFN3OS/c1-2-10-3-5-15-11(7-10)8-13-17(23)18(27-20(13)25-15)19(26)24-16-6-4-12(22)9-14(16)21/h4,6,8-10H,2-3,5,7,23H2,1H3,(H,24,26)/t10-/m0/s1. The van der Waals surface area contributed by atoms with E-state index in [0.29, 0.717) is 22.2 Å². The highest BCUT2D eigenvalue weighted by Crippen LogP contribution is 2.37. The zero-order valence-electron chi connectivity index (χ0n) is 14.8. The summed E-state index contributed by atoms with van der Waals surface area (Å²) in [6.45, 7) is 2.21. The summed E-state index contributed by atoms with van der Waals surface area (Å²) in [5.41, 5.74) is 9.40. The number of hydrogen-bond acceptors (Lipinski definition) is 4. The molecule has 0 spiro atoms. The molecule has 3 N–H and O–H groups in total. The van der Waals surface area contributed by atoms with Gasteiger partial charge in [0.05, 0.1) is 16.4 Å². The summed E-state index contributed by atoms with van der Waals surface area (Å²) in [5, 5.41) is 3.67. The smallest absolute Gasteiger partial charge is 0.267 e. The number of thiophene rings is 1. The van der Waals surface area contributed by atoms with Crippen molar-refractivity contribution in [3.05, 3.63) is 51.2 Å². The highest BCUT2D eigenvalue weighted by Gasteiger charge is 2.23. The van der Waals surface area contributed by atoms with Gasteiger partial charge in [0, 0.05) is 11.1 Å². The van der Waals surface area contributed by atoms with Crippen molar-refractivity contribution in [1.82, 2.24) is 4.98 Å². The molecule has 0 fully saturated rings. The Hall–Kier alpha value is -2.18. The van der Waals surface area contributed by atoms with Crippen LogP contribution in [0.2, 0.25) is 5.02 Å². The predicted molar refractivity (Wildman–Crippen MR) is 109 cm³/mol. The molecule has 0 bridgehead atoms. The van der Waals surface area contributed by atoms with E-state index in [4.69, 9.17) is 22.3 Å². The number of nitrogens with one attached hydrogen (secondary N) is 1. The van der Waals surface area contributed by atoms with Gasteiger partial charge in [-0.25, -0.2) is 9.37 Å². The van der Waals surface area contributed by atoms with E-state index >= 15 is 0 Å². The van der Waals surface area contributed by atoms with Crippen molar-refractivity contribution in [2.45, 2.75) is 32.6 Å². The first-order valence-electron chi connectivity index (χ1n) is 8.93. The Morgan fingerprint density at radius 3 is 3.00 bits per heavy atom. The summed E-state index contributed by atoms with van der Waals surface area (Å²) < 4.78 is 13.2. The monoisotopic (exact) mass is 403 g/mol. The normalized spacial score (nSPS) is 16.3. The molecular formula is C20H19ClFN3OS. The number of halogens is 2. The molecule has 0 saturated heterocycles. The Morgan fingerprint density at radius 1 is 1.44 bits per heavy atom. The zero-order chi connectivity index (χ0) is 19.1. The lowest BCUT2D eigenvalue weighted by molar-refractivity contribution is 0.103. The second kappa shape index (κ2) is 7.09. The lowest BCUT2D eigenvalue weighted by atomic mass is 9.85. The highest BCUT2D eigenvalue weighted by atomic mass is 35.5. The number of nitrogen functional groups attached to an aromatic ring is 1. The maximum Gasteiger partial charge on any atom is 0.267 e. The number of benzene rings is 1. The number of nitrogens with two attached hydrogens (primary N) is 1. The second-order valence-electron chi connectivity index (χ2n) is 6.89. The minimum absolute atomic E-state index is 0.141. The molecule has 1 amide bonds. The average Bonchev–Trinajstić information content (AvgIpc) is 2.97. The molecule has 7 heteroatoms. The molecule has 0 aliphatic heterocycles. The number of aromatic nitrogens is 1. The van der Waals surface area contributed by atoms with Crippen molar-refractivity contribution < 1.29 is 9.18 Å². The number of aryl methyl sites for hydroxylation is 1. The molecule has 2 heterocycles. The van der Waals surface area contributed by atoms with Crippen molar-refractivity contribution in [2.24, 2.45) is 5.92 Å². The molecule has 0 radical (unpaired) electrons. The van der Waals surface area contributed by atoms with Crippen LogP contribution in [0.15, 0.2) is 24.3 Å². The van der Waals surface area contributed by atoms with E-state index in [2.05, 4.69) is 18.3 Å². The van der Waals surface area contributed by atoms with Crippen LogP contribution in [0.3, 0.4) is 0 Å². The number of carbonyl (C=O) groups excluding carboxylic acids is 1. The number of amides is 1. The minimum atomic E-state index is -0.459. The molecule has 140 valence electrons. The summed E-state index contributed by atoms with van der Waals surface area (Å²) in [4.78, 5) is 18.6. The third-order valence-electron chi connectivity index (χ3n) is 5.15. The fraction of sp³-hybridized carbons (Fsp3) is 0.300. The minimum Gasteiger partial charge on any atom is -0.397 e. The van der Waals surface area contributed by atoms with Gasteiger partial charge in [-0.15, -0.1) is 11.3 Å². The lowest BCUT2D eigenvalue weighted by Crippen LogP contribution is -2.14. The van der Waals surface area contributed by atoms with Crippen LogP contribution in [0.4, 0.5) is 15.8 Å². The Labute approximate surface area is 165 Å². The summed E-state index contributed by atoms with van der Waals surface area (Å²) in [7, 11) is 0. The van der Waals surface area contributed by atoms with Gasteiger partial charge in [0.15, 0.2) is 0 Å². The number of pyridine rings is 1. The summed E-state index contributed by atoms with van der Waals surface area (Å²) in [6.07, 6.45) is 4.28. The first kappa shape index (κ1) is 18.2. The molecule has 0 unspecified atom stereocenters. The van der Waals surface area contributed by atoms with Crippen LogP contribution in [0.25, 0.3) is 10.2 Å². The van der Waals surface area contributed by atoms with Crippen molar-refractivity contribution in [1.29, 1.82) is 0 Å². The Bertz CT molecular complexity index is 1050. The topological polar surface area (TPSA) is 68.0 Å². The molecule has 1 aliphatic carbocycles. The maximum atomic E-state index is 13.2. The molecule has 4 nitrogen and oxygen atoms in total. The van der Waals surface area contributed by atoms with Crippen LogP contribution in [-0.2, 0) is 12.8 Å². The number of anilines is 2. The second-order valence-corrected chi connectivity index (χ2v) is 8.29. The number of nitrogens with zero attached hydrogens (tertiary/aromatic N) is 1. The van der Waals surface area contributed by atoms with Crippen LogP contribution < -0.4 is 11.1 Å². The first-order valence-corrected chi connectivity index (χ1v) is 10.1. The van der Waals surface area contributed by atoms with Crippen LogP contribution in [0.5, 0.6) is 0 Å². The highest BCUT2D eigenvalue weighted by molar-refractivity contribution is 7.21. The van der Waals surface area contributed by atoms with Gasteiger partial charge < -0.3 is 11.1 Å². The number of fused-ring (bicyclic) bond motifs is 2. The molecule has 0 saturated carbocycles. The third kappa shape index (κ3) is 3.39. The maximum absolute atomic E-state index is 13.2. The number of hydrogen-bond donors (Lipinski definition) is 2.